The van der Waals surface area contributed by atoms with Crippen LogP contribution in [0.25, 0.3) is 0 Å². The summed E-state index contributed by atoms with van der Waals surface area (Å²) in [5, 5.41) is 0. The van der Waals surface area contributed by atoms with Gasteiger partial charge in [-0.25, -0.2) is 0 Å². The first-order chi connectivity index (χ1) is 15.4. The first kappa shape index (κ1) is 20.9. The van der Waals surface area contributed by atoms with E-state index in [4.69, 9.17) is 0 Å². The number of fused-ring (bicyclic) bond motifs is 5. The van der Waals surface area contributed by atoms with Gasteiger partial charge in [-0.15, -0.1) is 0 Å². The van der Waals surface area contributed by atoms with Crippen LogP contribution in [-0.2, 0) is 16.0 Å². The highest BCUT2D eigenvalue weighted by Crippen LogP contribution is 2.62. The summed E-state index contributed by atoms with van der Waals surface area (Å²) >= 11 is 0. The van der Waals surface area contributed by atoms with Crippen molar-refractivity contribution in [3.05, 3.63) is 29.8 Å². The van der Waals surface area contributed by atoms with Crippen LogP contribution in [0.3, 0.4) is 0 Å². The molecule has 172 valence electrons. The molecule has 0 radical (unpaired) electrons. The summed E-state index contributed by atoms with van der Waals surface area (Å²) in [6.07, 6.45) is 11.8. The molecule has 2 saturated heterocycles. The van der Waals surface area contributed by atoms with E-state index in [2.05, 4.69) is 18.7 Å². The molecular weight excluding hydrogens is 396 g/mol. The van der Waals surface area contributed by atoms with E-state index in [1.807, 2.05) is 29.2 Å². The van der Waals surface area contributed by atoms with Gasteiger partial charge >= 0.3 is 0 Å². The van der Waals surface area contributed by atoms with Gasteiger partial charge in [0.05, 0.1) is 0 Å². The van der Waals surface area contributed by atoms with Crippen molar-refractivity contribution in [1.29, 1.82) is 0 Å². The van der Waals surface area contributed by atoms with E-state index >= 15 is 0 Å². The molecule has 3 aliphatic heterocycles. The average molecular weight is 435 g/mol. The molecule has 0 aromatic heterocycles. The van der Waals surface area contributed by atoms with E-state index < -0.39 is 0 Å². The summed E-state index contributed by atoms with van der Waals surface area (Å²) in [4.78, 5) is 30.2. The molecule has 1 amide bonds. The molecule has 4 bridgehead atoms. The number of para-hydroxylation sites is 1. The van der Waals surface area contributed by atoms with Gasteiger partial charge in [0.1, 0.15) is 0 Å². The standard InChI is InChI=1S/C28H38N2O2/c1-28(2)20-11-10-18(24(28)15-20)12-13-29-21-7-5-8-22(29)17-23(16-21)30-25-9-4-3-6-19(25)14-26(31)27(30)32/h3-4,6,9,18,20-24H,5,7-8,10-17H2,1-2H3/t18-,20-,21-,22+,23?,24-/m0/s1. The summed E-state index contributed by atoms with van der Waals surface area (Å²) in [7, 11) is 0. The minimum Gasteiger partial charge on any atom is -0.302 e. The molecular formula is C28H38N2O2. The Morgan fingerprint density at radius 3 is 2.41 bits per heavy atom. The molecule has 3 aliphatic carbocycles. The zero-order valence-electron chi connectivity index (χ0n) is 19.8. The second kappa shape index (κ2) is 7.68. The fourth-order valence-corrected chi connectivity index (χ4v) is 8.40. The van der Waals surface area contributed by atoms with E-state index in [9.17, 15) is 9.59 Å². The van der Waals surface area contributed by atoms with Crippen LogP contribution in [0.15, 0.2) is 24.3 Å². The van der Waals surface area contributed by atoms with Gasteiger partial charge in [0.15, 0.2) is 0 Å². The molecule has 1 aromatic carbocycles. The van der Waals surface area contributed by atoms with Gasteiger partial charge in [0.25, 0.3) is 5.91 Å². The molecule has 3 heterocycles. The van der Waals surface area contributed by atoms with E-state index in [-0.39, 0.29) is 24.2 Å². The van der Waals surface area contributed by atoms with Gasteiger partial charge in [-0.3, -0.25) is 14.5 Å². The summed E-state index contributed by atoms with van der Waals surface area (Å²) in [5.41, 5.74) is 2.57. The Morgan fingerprint density at radius 1 is 0.938 bits per heavy atom. The minimum atomic E-state index is -0.274. The maximum Gasteiger partial charge on any atom is 0.294 e. The number of Topliss-reactive ketones (excluding diaryl/α,β-unsaturated/α-hetero) is 1. The fourth-order valence-electron chi connectivity index (χ4n) is 8.40. The van der Waals surface area contributed by atoms with E-state index in [1.54, 1.807) is 0 Å². The molecule has 0 N–H and O–H groups in total. The number of nitrogens with zero attached hydrogens (tertiary/aromatic N) is 2. The number of ketones is 1. The first-order valence-electron chi connectivity index (χ1n) is 13.1. The maximum absolute atomic E-state index is 13.0. The number of anilines is 1. The highest BCUT2D eigenvalue weighted by atomic mass is 16.2. The molecule has 1 aromatic rings. The Labute approximate surface area is 192 Å². The molecule has 1 unspecified atom stereocenters. The van der Waals surface area contributed by atoms with E-state index in [0.717, 1.165) is 41.8 Å². The van der Waals surface area contributed by atoms with Crippen molar-refractivity contribution in [1.82, 2.24) is 4.90 Å². The van der Waals surface area contributed by atoms with Crippen molar-refractivity contribution in [3.8, 4) is 0 Å². The van der Waals surface area contributed by atoms with Crippen molar-refractivity contribution in [3.63, 3.8) is 0 Å². The van der Waals surface area contributed by atoms with Crippen molar-refractivity contribution in [2.24, 2.45) is 23.2 Å². The Balaban J connectivity index is 1.17. The number of rotatable bonds is 4. The van der Waals surface area contributed by atoms with Crippen LogP contribution in [0.1, 0.15) is 77.2 Å². The lowest BCUT2D eigenvalue weighted by Crippen LogP contribution is -2.60. The smallest absolute Gasteiger partial charge is 0.294 e. The van der Waals surface area contributed by atoms with Crippen LogP contribution in [0, 0.1) is 23.2 Å². The number of benzene rings is 1. The third kappa shape index (κ3) is 3.20. The predicted octanol–water partition coefficient (Wildman–Crippen LogP) is 4.99. The maximum atomic E-state index is 13.0. The first-order valence-corrected chi connectivity index (χ1v) is 13.1. The second-order valence-corrected chi connectivity index (χ2v) is 12.0. The van der Waals surface area contributed by atoms with Crippen LogP contribution in [-0.4, -0.2) is 41.3 Å². The van der Waals surface area contributed by atoms with Crippen LogP contribution in [0.4, 0.5) is 5.69 Å². The molecule has 6 aliphatic rings. The van der Waals surface area contributed by atoms with Gasteiger partial charge in [-0.2, -0.15) is 0 Å². The summed E-state index contributed by atoms with van der Waals surface area (Å²) in [6.45, 7) is 6.24. The quantitative estimate of drug-likeness (QED) is 0.627. The highest BCUT2D eigenvalue weighted by molar-refractivity contribution is 6.43. The SMILES string of the molecule is CC1(C)[C@H]2CC[C@@H](CCN3[C@@H]4CCC[C@H]3CC(N3C(=O)C(=O)Cc5ccccc53)C4)[C@@H]1C2. The number of carbonyl (C=O) groups is 2. The van der Waals surface area contributed by atoms with Crippen molar-refractivity contribution in [2.45, 2.75) is 96.2 Å². The van der Waals surface area contributed by atoms with Gasteiger partial charge in [0, 0.05) is 30.2 Å². The summed E-state index contributed by atoms with van der Waals surface area (Å²) in [5.74, 6) is 2.31. The molecule has 7 rings (SSSR count). The Morgan fingerprint density at radius 2 is 1.69 bits per heavy atom. The highest BCUT2D eigenvalue weighted by Gasteiger charge is 2.54. The van der Waals surface area contributed by atoms with Gasteiger partial charge in [0.2, 0.25) is 5.78 Å². The lowest BCUT2D eigenvalue weighted by atomic mass is 9.45. The monoisotopic (exact) mass is 434 g/mol. The zero-order valence-corrected chi connectivity index (χ0v) is 19.8. The van der Waals surface area contributed by atoms with E-state index in [0.29, 0.717) is 17.5 Å². The van der Waals surface area contributed by atoms with Gasteiger partial charge in [-0.1, -0.05) is 38.5 Å². The van der Waals surface area contributed by atoms with Crippen molar-refractivity contribution in [2.75, 3.05) is 11.4 Å². The average Bonchev–Trinajstić information content (AvgIpc) is 2.78. The number of hydrogen-bond donors (Lipinski definition) is 0. The fraction of sp³-hybridized carbons (Fsp3) is 0.714. The largest absolute Gasteiger partial charge is 0.302 e. The lowest BCUT2D eigenvalue weighted by Gasteiger charge is -2.60. The Bertz CT molecular complexity index is 908. The van der Waals surface area contributed by atoms with Gasteiger partial charge < -0.3 is 4.90 Å². The second-order valence-electron chi connectivity index (χ2n) is 12.0. The number of carbonyl (C=O) groups excluding carboxylic acids is 2. The normalized spacial score (nSPS) is 38.2. The van der Waals surface area contributed by atoms with Crippen molar-refractivity contribution < 1.29 is 9.59 Å². The molecule has 6 atom stereocenters. The number of hydrogen-bond acceptors (Lipinski definition) is 3. The molecule has 4 nitrogen and oxygen atoms in total. The molecule has 3 saturated carbocycles. The Kier molecular flexibility index (Phi) is 5.02. The molecule has 5 fully saturated rings. The number of amides is 1. The van der Waals surface area contributed by atoms with Crippen LogP contribution >= 0.6 is 0 Å². The van der Waals surface area contributed by atoms with Gasteiger partial charge in [-0.05, 0) is 92.7 Å². The van der Waals surface area contributed by atoms with E-state index in [1.165, 1.54) is 51.5 Å². The number of piperidine rings is 2. The topological polar surface area (TPSA) is 40.6 Å². The summed E-state index contributed by atoms with van der Waals surface area (Å²) in [6, 6.07) is 9.33. The minimum absolute atomic E-state index is 0.167. The third-order valence-corrected chi connectivity index (χ3v) is 10.3. The van der Waals surface area contributed by atoms with Crippen LogP contribution < -0.4 is 4.90 Å². The molecule has 32 heavy (non-hydrogen) atoms. The lowest BCUT2D eigenvalue weighted by molar-refractivity contribution is -0.137. The van der Waals surface area contributed by atoms with Crippen LogP contribution in [0.2, 0.25) is 0 Å². The molecule has 4 heteroatoms. The molecule has 0 spiro atoms. The predicted molar refractivity (Wildman–Crippen MR) is 127 cm³/mol. The zero-order chi connectivity index (χ0) is 22.0. The van der Waals surface area contributed by atoms with Crippen LogP contribution in [0.5, 0.6) is 0 Å². The van der Waals surface area contributed by atoms with Crippen molar-refractivity contribution >= 4 is 17.4 Å². The summed E-state index contributed by atoms with van der Waals surface area (Å²) < 4.78 is 0. The third-order valence-electron chi connectivity index (χ3n) is 10.3. The Hall–Kier alpha value is -1.68.